The number of hydrogen-bond donors (Lipinski definition) is 2. The Hall–Kier alpha value is -2.48. The van der Waals surface area contributed by atoms with Crippen LogP contribution in [-0.2, 0) is 24.9 Å². The van der Waals surface area contributed by atoms with Gasteiger partial charge < -0.3 is 24.3 Å². The number of imidazole rings is 1. The van der Waals surface area contributed by atoms with E-state index >= 15 is 0 Å². The van der Waals surface area contributed by atoms with Gasteiger partial charge >= 0.3 is 0 Å². The van der Waals surface area contributed by atoms with Gasteiger partial charge in [-0.1, -0.05) is 19.9 Å². The smallest absolute Gasteiger partial charge is 0.253 e. The summed E-state index contributed by atoms with van der Waals surface area (Å²) in [6, 6.07) is 8.41. The van der Waals surface area contributed by atoms with Gasteiger partial charge in [-0.15, -0.1) is 0 Å². The normalized spacial score (nSPS) is 16.8. The highest BCUT2D eigenvalue weighted by atomic mass is 16.5. The summed E-state index contributed by atoms with van der Waals surface area (Å²) in [5, 5.41) is 13.9. The first kappa shape index (κ1) is 25.6. The van der Waals surface area contributed by atoms with Crippen LogP contribution in [0.15, 0.2) is 35.3 Å². The van der Waals surface area contributed by atoms with Gasteiger partial charge in [0.1, 0.15) is 5.82 Å². The van der Waals surface area contributed by atoms with Crippen molar-refractivity contribution in [2.75, 3.05) is 13.2 Å². The average molecular weight is 481 g/mol. The summed E-state index contributed by atoms with van der Waals surface area (Å²) in [5.41, 5.74) is 4.89. The number of pyridine rings is 1. The van der Waals surface area contributed by atoms with Crippen molar-refractivity contribution >= 4 is 11.0 Å². The molecule has 1 saturated heterocycles. The van der Waals surface area contributed by atoms with E-state index in [0.29, 0.717) is 23.9 Å². The topological polar surface area (TPSA) is 81.3 Å². The van der Waals surface area contributed by atoms with Crippen LogP contribution < -0.4 is 10.9 Å². The van der Waals surface area contributed by atoms with Gasteiger partial charge in [-0.3, -0.25) is 4.79 Å². The van der Waals surface area contributed by atoms with Gasteiger partial charge in [-0.2, -0.15) is 0 Å². The summed E-state index contributed by atoms with van der Waals surface area (Å²) < 4.78 is 9.54. The number of rotatable bonds is 9. The van der Waals surface area contributed by atoms with Crippen LogP contribution in [0.3, 0.4) is 0 Å². The Morgan fingerprint density at radius 3 is 2.63 bits per heavy atom. The van der Waals surface area contributed by atoms with Gasteiger partial charge in [-0.25, -0.2) is 4.98 Å². The van der Waals surface area contributed by atoms with Crippen molar-refractivity contribution in [1.82, 2.24) is 19.4 Å². The molecule has 35 heavy (non-hydrogen) atoms. The van der Waals surface area contributed by atoms with Crippen molar-refractivity contribution in [2.45, 2.75) is 72.2 Å². The molecule has 2 unspecified atom stereocenters. The molecule has 0 bridgehead atoms. The van der Waals surface area contributed by atoms with E-state index in [-0.39, 0.29) is 17.7 Å². The fraction of sp³-hybridized carbons (Fsp3) is 0.571. The number of hydrogen-bond acceptors (Lipinski definition) is 5. The molecular weight excluding hydrogens is 440 g/mol. The number of nitrogens with zero attached hydrogens (tertiary/aromatic N) is 3. The van der Waals surface area contributed by atoms with Crippen molar-refractivity contribution in [3.63, 3.8) is 0 Å². The van der Waals surface area contributed by atoms with Crippen LogP contribution in [0.1, 0.15) is 51.2 Å². The number of nitrogens with one attached hydrogen (secondary N) is 1. The highest BCUT2D eigenvalue weighted by Gasteiger charge is 2.21. The van der Waals surface area contributed by atoms with Crippen molar-refractivity contribution < 1.29 is 9.84 Å². The number of aliphatic hydroxyl groups is 1. The summed E-state index contributed by atoms with van der Waals surface area (Å²) in [5.74, 6) is 1.90. The molecule has 190 valence electrons. The highest BCUT2D eigenvalue weighted by molar-refractivity contribution is 5.81. The minimum atomic E-state index is -0.364. The Morgan fingerprint density at radius 1 is 1.20 bits per heavy atom. The number of aromatic nitrogens is 3. The van der Waals surface area contributed by atoms with Crippen LogP contribution in [0.5, 0.6) is 0 Å². The number of fused-ring (bicyclic) bond motifs is 1. The van der Waals surface area contributed by atoms with E-state index in [1.165, 1.54) is 0 Å². The second-order valence-electron chi connectivity index (χ2n) is 10.6. The zero-order chi connectivity index (χ0) is 25.1. The first-order valence-corrected chi connectivity index (χ1v) is 12.9. The Bertz CT molecular complexity index is 1180. The monoisotopic (exact) mass is 480 g/mol. The molecular formula is C28H40N4O3. The molecule has 3 heterocycles. The summed E-state index contributed by atoms with van der Waals surface area (Å²) in [7, 11) is 1.79. The largest absolute Gasteiger partial charge is 0.392 e. The molecule has 2 N–H and O–H groups in total. The van der Waals surface area contributed by atoms with Gasteiger partial charge in [-0.05, 0) is 68.7 Å². The SMILES string of the molecule is Cc1cc(-c2nc3cc(CNC(C)C(O)CC(C)C)ccc3n2CC2CCOCC2)cn(C)c1=O. The highest BCUT2D eigenvalue weighted by Crippen LogP contribution is 2.29. The standard InChI is InChI=1S/C28H40N4O3/c1-18(2)12-26(33)20(4)29-15-22-6-7-25-24(14-22)30-27(23-13-19(3)28(34)31(5)17-23)32(25)16-21-8-10-35-11-9-21/h6-7,13-14,17-18,20-21,26,29,33H,8-12,15-16H2,1-5H3. The van der Waals surface area contributed by atoms with Gasteiger partial charge in [0.15, 0.2) is 0 Å². The van der Waals surface area contributed by atoms with Crippen LogP contribution in [0, 0.1) is 18.8 Å². The van der Waals surface area contributed by atoms with Crippen molar-refractivity contribution in [2.24, 2.45) is 18.9 Å². The second kappa shape index (κ2) is 11.1. The second-order valence-corrected chi connectivity index (χ2v) is 10.6. The summed E-state index contributed by atoms with van der Waals surface area (Å²) >= 11 is 0. The molecule has 0 saturated carbocycles. The molecule has 2 atom stereocenters. The van der Waals surface area contributed by atoms with Crippen LogP contribution in [0.25, 0.3) is 22.4 Å². The van der Waals surface area contributed by atoms with E-state index in [9.17, 15) is 9.90 Å². The zero-order valence-electron chi connectivity index (χ0n) is 21.8. The van der Waals surface area contributed by atoms with Crippen molar-refractivity contribution in [3.8, 4) is 11.4 Å². The molecule has 2 aromatic heterocycles. The first-order chi connectivity index (χ1) is 16.7. The number of aryl methyl sites for hydroxylation is 2. The maximum atomic E-state index is 12.3. The maximum Gasteiger partial charge on any atom is 0.253 e. The van der Waals surface area contributed by atoms with E-state index in [0.717, 1.165) is 67.0 Å². The van der Waals surface area contributed by atoms with Crippen LogP contribution in [0.4, 0.5) is 0 Å². The molecule has 0 radical (unpaired) electrons. The zero-order valence-corrected chi connectivity index (χ0v) is 21.8. The molecule has 0 aliphatic carbocycles. The Balaban J connectivity index is 1.65. The molecule has 0 spiro atoms. The molecule has 7 heteroatoms. The van der Waals surface area contributed by atoms with Gasteiger partial charge in [0.2, 0.25) is 0 Å². The fourth-order valence-electron chi connectivity index (χ4n) is 4.98. The van der Waals surface area contributed by atoms with E-state index in [4.69, 9.17) is 9.72 Å². The van der Waals surface area contributed by atoms with Crippen LogP contribution in [-0.4, -0.2) is 44.6 Å². The van der Waals surface area contributed by atoms with Crippen molar-refractivity contribution in [1.29, 1.82) is 0 Å². The Labute approximate surface area is 208 Å². The quantitative estimate of drug-likeness (QED) is 0.483. The molecule has 1 aliphatic heterocycles. The summed E-state index contributed by atoms with van der Waals surface area (Å²) in [6.45, 7) is 11.3. The predicted octanol–water partition coefficient (Wildman–Crippen LogP) is 4.02. The number of benzene rings is 1. The van der Waals surface area contributed by atoms with Gasteiger partial charge in [0, 0.05) is 56.7 Å². The van der Waals surface area contributed by atoms with Gasteiger partial charge in [0.25, 0.3) is 5.56 Å². The predicted molar refractivity (Wildman–Crippen MR) is 140 cm³/mol. The molecule has 1 aliphatic rings. The van der Waals surface area contributed by atoms with Crippen LogP contribution >= 0.6 is 0 Å². The lowest BCUT2D eigenvalue weighted by atomic mass is 10.00. The van der Waals surface area contributed by atoms with E-state index < -0.39 is 0 Å². The first-order valence-electron chi connectivity index (χ1n) is 12.9. The number of aliphatic hydroxyl groups excluding tert-OH is 1. The summed E-state index contributed by atoms with van der Waals surface area (Å²) in [4.78, 5) is 17.4. The molecule has 0 amide bonds. The maximum absolute atomic E-state index is 12.3. The lowest BCUT2D eigenvalue weighted by Gasteiger charge is -2.23. The third-order valence-corrected chi connectivity index (χ3v) is 7.13. The molecule has 7 nitrogen and oxygen atoms in total. The minimum Gasteiger partial charge on any atom is -0.392 e. The lowest BCUT2D eigenvalue weighted by molar-refractivity contribution is 0.0617. The van der Waals surface area contributed by atoms with E-state index in [2.05, 4.69) is 41.9 Å². The number of ether oxygens (including phenoxy) is 1. The molecule has 4 rings (SSSR count). The minimum absolute atomic E-state index is 0.0166. The van der Waals surface area contributed by atoms with Crippen LogP contribution in [0.2, 0.25) is 0 Å². The third-order valence-electron chi connectivity index (χ3n) is 7.13. The third kappa shape index (κ3) is 6.02. The van der Waals surface area contributed by atoms with E-state index in [1.807, 2.05) is 26.1 Å². The fourth-order valence-corrected chi connectivity index (χ4v) is 4.98. The lowest BCUT2D eigenvalue weighted by Crippen LogP contribution is -2.37. The Kier molecular flexibility index (Phi) is 8.09. The van der Waals surface area contributed by atoms with Crippen molar-refractivity contribution in [3.05, 3.63) is 51.9 Å². The van der Waals surface area contributed by atoms with Gasteiger partial charge in [0.05, 0.1) is 17.1 Å². The molecule has 1 fully saturated rings. The Morgan fingerprint density at radius 2 is 1.94 bits per heavy atom. The van der Waals surface area contributed by atoms with E-state index in [1.54, 1.807) is 11.6 Å². The average Bonchev–Trinajstić information content (AvgIpc) is 3.18. The molecule has 3 aromatic rings. The summed E-state index contributed by atoms with van der Waals surface area (Å²) in [6.07, 6.45) is 4.40. The molecule has 1 aromatic carbocycles.